The first-order chi connectivity index (χ1) is 12.4. The average Bonchev–Trinajstić information content (AvgIpc) is 2.59. The molecule has 0 saturated carbocycles. The number of fused-ring (bicyclic) bond motifs is 1. The van der Waals surface area contributed by atoms with E-state index < -0.39 is 0 Å². The molecule has 3 rings (SSSR count). The SMILES string of the molecule is COc1ccc2c(c1)OC(C)(C)CC2NC(=O)/C=C/c1ccccc1Cl. The Morgan fingerprint density at radius 1 is 1.31 bits per heavy atom. The highest BCUT2D eigenvalue weighted by atomic mass is 35.5. The maximum atomic E-state index is 12.4. The van der Waals surface area contributed by atoms with Gasteiger partial charge in [0.25, 0.3) is 0 Å². The Morgan fingerprint density at radius 3 is 2.81 bits per heavy atom. The van der Waals surface area contributed by atoms with Crippen molar-refractivity contribution in [3.8, 4) is 11.5 Å². The fraction of sp³-hybridized carbons (Fsp3) is 0.286. The van der Waals surface area contributed by atoms with Gasteiger partial charge in [0.05, 0.1) is 13.2 Å². The molecule has 5 heteroatoms. The van der Waals surface area contributed by atoms with Crippen LogP contribution in [0.2, 0.25) is 5.02 Å². The lowest BCUT2D eigenvalue weighted by molar-refractivity contribution is -0.117. The van der Waals surface area contributed by atoms with Gasteiger partial charge in [0.15, 0.2) is 0 Å². The first-order valence-electron chi connectivity index (χ1n) is 8.48. The summed E-state index contributed by atoms with van der Waals surface area (Å²) < 4.78 is 11.3. The number of ether oxygens (including phenoxy) is 2. The first kappa shape index (κ1) is 18.3. The molecule has 0 aliphatic carbocycles. The van der Waals surface area contributed by atoms with Gasteiger partial charge in [0.2, 0.25) is 5.91 Å². The second-order valence-electron chi connectivity index (χ2n) is 6.89. The van der Waals surface area contributed by atoms with E-state index >= 15 is 0 Å². The summed E-state index contributed by atoms with van der Waals surface area (Å²) in [7, 11) is 1.62. The molecule has 0 bridgehead atoms. The van der Waals surface area contributed by atoms with Crippen molar-refractivity contribution < 1.29 is 14.3 Å². The van der Waals surface area contributed by atoms with Crippen LogP contribution in [0.4, 0.5) is 0 Å². The lowest BCUT2D eigenvalue weighted by Gasteiger charge is -2.37. The summed E-state index contributed by atoms with van der Waals surface area (Å²) in [4.78, 5) is 12.4. The van der Waals surface area contributed by atoms with Gasteiger partial charge in [0, 0.05) is 29.1 Å². The van der Waals surface area contributed by atoms with Gasteiger partial charge in [-0.15, -0.1) is 0 Å². The maximum Gasteiger partial charge on any atom is 0.244 e. The van der Waals surface area contributed by atoms with Crippen molar-refractivity contribution in [3.05, 3.63) is 64.7 Å². The number of carbonyl (C=O) groups excluding carboxylic acids is 1. The molecule has 0 aromatic heterocycles. The molecule has 0 fully saturated rings. The lowest BCUT2D eigenvalue weighted by atomic mass is 9.89. The van der Waals surface area contributed by atoms with Crippen molar-refractivity contribution >= 4 is 23.6 Å². The first-order valence-corrected chi connectivity index (χ1v) is 8.86. The fourth-order valence-electron chi connectivity index (χ4n) is 3.08. The molecule has 1 unspecified atom stereocenters. The molecular weight excluding hydrogens is 350 g/mol. The minimum absolute atomic E-state index is 0.136. The highest BCUT2D eigenvalue weighted by Crippen LogP contribution is 2.41. The topological polar surface area (TPSA) is 47.6 Å². The largest absolute Gasteiger partial charge is 0.497 e. The summed E-state index contributed by atoms with van der Waals surface area (Å²) in [6, 6.07) is 12.9. The molecule has 1 atom stereocenters. The van der Waals surface area contributed by atoms with Crippen LogP contribution in [-0.4, -0.2) is 18.6 Å². The molecule has 1 amide bonds. The van der Waals surface area contributed by atoms with Crippen LogP contribution in [0.1, 0.15) is 37.4 Å². The maximum absolute atomic E-state index is 12.4. The Kier molecular flexibility index (Phi) is 5.23. The molecule has 1 N–H and O–H groups in total. The molecule has 0 saturated heterocycles. The summed E-state index contributed by atoms with van der Waals surface area (Å²) in [5.41, 5.74) is 1.37. The van der Waals surface area contributed by atoms with E-state index in [1.807, 2.05) is 50.2 Å². The Labute approximate surface area is 158 Å². The minimum atomic E-state index is -0.385. The van der Waals surface area contributed by atoms with Crippen LogP contribution in [0.5, 0.6) is 11.5 Å². The zero-order valence-electron chi connectivity index (χ0n) is 15.1. The van der Waals surface area contributed by atoms with Crippen molar-refractivity contribution in [2.45, 2.75) is 31.9 Å². The zero-order valence-corrected chi connectivity index (χ0v) is 15.8. The van der Waals surface area contributed by atoms with Crippen LogP contribution < -0.4 is 14.8 Å². The van der Waals surface area contributed by atoms with Crippen LogP contribution >= 0.6 is 11.6 Å². The summed E-state index contributed by atoms with van der Waals surface area (Å²) in [6.07, 6.45) is 3.90. The van der Waals surface area contributed by atoms with E-state index in [0.29, 0.717) is 11.4 Å². The number of rotatable bonds is 4. The third-order valence-corrected chi connectivity index (χ3v) is 4.66. The number of halogens is 1. The summed E-state index contributed by atoms with van der Waals surface area (Å²) in [6.45, 7) is 4.02. The van der Waals surface area contributed by atoms with Gasteiger partial charge >= 0.3 is 0 Å². The Balaban J connectivity index is 1.79. The molecule has 1 heterocycles. The number of hydrogen-bond donors (Lipinski definition) is 1. The number of amides is 1. The van der Waals surface area contributed by atoms with Gasteiger partial charge in [-0.3, -0.25) is 4.79 Å². The van der Waals surface area contributed by atoms with Crippen molar-refractivity contribution in [2.75, 3.05) is 7.11 Å². The van der Waals surface area contributed by atoms with Crippen molar-refractivity contribution in [1.29, 1.82) is 0 Å². The van der Waals surface area contributed by atoms with Crippen LogP contribution in [-0.2, 0) is 4.79 Å². The van der Waals surface area contributed by atoms with Gasteiger partial charge in [-0.05, 0) is 43.7 Å². The summed E-state index contributed by atoms with van der Waals surface area (Å²) in [5, 5.41) is 3.68. The van der Waals surface area contributed by atoms with E-state index in [9.17, 15) is 4.79 Å². The monoisotopic (exact) mass is 371 g/mol. The molecule has 2 aromatic rings. The van der Waals surface area contributed by atoms with E-state index in [1.54, 1.807) is 19.3 Å². The van der Waals surface area contributed by atoms with E-state index in [4.69, 9.17) is 21.1 Å². The van der Waals surface area contributed by atoms with E-state index in [-0.39, 0.29) is 17.6 Å². The third kappa shape index (κ3) is 4.20. The average molecular weight is 372 g/mol. The van der Waals surface area contributed by atoms with Crippen molar-refractivity contribution in [1.82, 2.24) is 5.32 Å². The normalized spacial score (nSPS) is 18.1. The molecule has 26 heavy (non-hydrogen) atoms. The van der Waals surface area contributed by atoms with Gasteiger partial charge < -0.3 is 14.8 Å². The molecular formula is C21H22ClNO3. The number of hydrogen-bond acceptors (Lipinski definition) is 3. The van der Waals surface area contributed by atoms with Gasteiger partial charge in [-0.25, -0.2) is 0 Å². The van der Waals surface area contributed by atoms with Gasteiger partial charge in [-0.2, -0.15) is 0 Å². The molecule has 1 aliphatic rings. The Morgan fingerprint density at radius 2 is 2.08 bits per heavy atom. The van der Waals surface area contributed by atoms with Crippen LogP contribution in [0, 0.1) is 0 Å². The molecule has 136 valence electrons. The summed E-state index contributed by atoms with van der Waals surface area (Å²) >= 11 is 6.12. The number of methoxy groups -OCH3 is 1. The van der Waals surface area contributed by atoms with Crippen LogP contribution in [0.3, 0.4) is 0 Å². The molecule has 2 aromatic carbocycles. The van der Waals surface area contributed by atoms with E-state index in [1.165, 1.54) is 6.08 Å². The Hall–Kier alpha value is -2.46. The smallest absolute Gasteiger partial charge is 0.244 e. The number of benzene rings is 2. The predicted octanol–water partition coefficient (Wildman–Crippen LogP) is 4.78. The molecule has 0 spiro atoms. The second-order valence-corrected chi connectivity index (χ2v) is 7.29. The molecule has 4 nitrogen and oxygen atoms in total. The lowest BCUT2D eigenvalue weighted by Crippen LogP contribution is -2.40. The highest BCUT2D eigenvalue weighted by molar-refractivity contribution is 6.32. The van der Waals surface area contributed by atoms with Crippen molar-refractivity contribution in [2.24, 2.45) is 0 Å². The Bertz CT molecular complexity index is 845. The van der Waals surface area contributed by atoms with E-state index in [2.05, 4.69) is 5.32 Å². The molecule has 1 aliphatic heterocycles. The second kappa shape index (κ2) is 7.42. The standard InChI is InChI=1S/C21H22ClNO3/c1-21(2)13-18(16-10-9-15(25-3)12-19(16)26-21)23-20(24)11-8-14-6-4-5-7-17(14)22/h4-12,18H,13H2,1-3H3,(H,23,24)/b11-8+. The van der Waals surface area contributed by atoms with Crippen LogP contribution in [0.25, 0.3) is 6.08 Å². The van der Waals surface area contributed by atoms with Crippen LogP contribution in [0.15, 0.2) is 48.5 Å². The number of nitrogens with one attached hydrogen (secondary N) is 1. The highest BCUT2D eigenvalue weighted by Gasteiger charge is 2.34. The zero-order chi connectivity index (χ0) is 18.7. The van der Waals surface area contributed by atoms with Gasteiger partial charge in [0.1, 0.15) is 17.1 Å². The summed E-state index contributed by atoms with van der Waals surface area (Å²) in [5.74, 6) is 1.29. The van der Waals surface area contributed by atoms with E-state index in [0.717, 1.165) is 22.6 Å². The molecule has 0 radical (unpaired) electrons. The van der Waals surface area contributed by atoms with Gasteiger partial charge in [-0.1, -0.05) is 29.8 Å². The third-order valence-electron chi connectivity index (χ3n) is 4.31. The quantitative estimate of drug-likeness (QED) is 0.787. The van der Waals surface area contributed by atoms with Crippen molar-refractivity contribution in [3.63, 3.8) is 0 Å². The fourth-order valence-corrected chi connectivity index (χ4v) is 3.28. The number of carbonyl (C=O) groups is 1. The minimum Gasteiger partial charge on any atom is -0.497 e. The predicted molar refractivity (Wildman–Crippen MR) is 104 cm³/mol.